The number of halogens is 1. The average molecular weight is 292 g/mol. The zero-order chi connectivity index (χ0) is 13.9. The van der Waals surface area contributed by atoms with Crippen LogP contribution in [0.2, 0.25) is 5.02 Å². The van der Waals surface area contributed by atoms with Crippen LogP contribution in [0.1, 0.15) is 44.6 Å². The Labute approximate surface area is 128 Å². The Bertz CT molecular complexity index is 428. The quantitative estimate of drug-likeness (QED) is 0.802. The van der Waals surface area contributed by atoms with Gasteiger partial charge in [0.15, 0.2) is 0 Å². The van der Waals surface area contributed by atoms with Crippen LogP contribution in [0.4, 0.5) is 0 Å². The summed E-state index contributed by atoms with van der Waals surface area (Å²) in [4.78, 5) is 0. The minimum absolute atomic E-state index is 0.659. The molecule has 4 atom stereocenters. The van der Waals surface area contributed by atoms with E-state index in [9.17, 15) is 0 Å². The molecule has 0 saturated heterocycles. The van der Waals surface area contributed by atoms with Gasteiger partial charge < -0.3 is 5.32 Å². The van der Waals surface area contributed by atoms with Gasteiger partial charge in [0.05, 0.1) is 0 Å². The summed E-state index contributed by atoms with van der Waals surface area (Å²) < 4.78 is 0. The van der Waals surface area contributed by atoms with Crippen molar-refractivity contribution >= 4 is 11.6 Å². The lowest BCUT2D eigenvalue weighted by Crippen LogP contribution is -2.40. The first-order valence-corrected chi connectivity index (χ1v) is 8.62. The van der Waals surface area contributed by atoms with Crippen LogP contribution in [0.3, 0.4) is 0 Å². The summed E-state index contributed by atoms with van der Waals surface area (Å²) in [6, 6.07) is 9.08. The van der Waals surface area contributed by atoms with Gasteiger partial charge in [-0.05, 0) is 74.1 Å². The van der Waals surface area contributed by atoms with Crippen molar-refractivity contribution in [1.29, 1.82) is 0 Å². The average Bonchev–Trinajstić information content (AvgIpc) is 3.08. The number of rotatable bonds is 6. The second kappa shape index (κ2) is 6.49. The van der Waals surface area contributed by atoms with E-state index in [2.05, 4.69) is 24.4 Å². The fraction of sp³-hybridized carbons (Fsp3) is 0.667. The van der Waals surface area contributed by atoms with Crippen molar-refractivity contribution in [2.24, 2.45) is 17.8 Å². The van der Waals surface area contributed by atoms with Gasteiger partial charge in [-0.3, -0.25) is 0 Å². The fourth-order valence-corrected chi connectivity index (χ4v) is 4.49. The summed E-state index contributed by atoms with van der Waals surface area (Å²) in [6.45, 7) is 3.40. The van der Waals surface area contributed by atoms with Crippen LogP contribution >= 0.6 is 11.6 Å². The number of fused-ring (bicyclic) bond motifs is 2. The molecule has 1 aromatic rings. The van der Waals surface area contributed by atoms with Gasteiger partial charge >= 0.3 is 0 Å². The van der Waals surface area contributed by atoms with Crippen molar-refractivity contribution in [3.8, 4) is 0 Å². The van der Waals surface area contributed by atoms with Crippen molar-refractivity contribution in [3.63, 3.8) is 0 Å². The molecular weight excluding hydrogens is 266 g/mol. The van der Waals surface area contributed by atoms with Gasteiger partial charge in [0.25, 0.3) is 0 Å². The maximum Gasteiger partial charge on any atom is 0.0406 e. The lowest BCUT2D eigenvalue weighted by atomic mass is 9.81. The highest BCUT2D eigenvalue weighted by Gasteiger charge is 2.42. The Morgan fingerprint density at radius 1 is 1.20 bits per heavy atom. The molecule has 110 valence electrons. The Kier molecular flexibility index (Phi) is 4.68. The van der Waals surface area contributed by atoms with Gasteiger partial charge in [0.1, 0.15) is 0 Å². The molecule has 1 aromatic carbocycles. The van der Waals surface area contributed by atoms with Crippen LogP contribution in [0.5, 0.6) is 0 Å². The van der Waals surface area contributed by atoms with Crippen LogP contribution in [0, 0.1) is 17.8 Å². The summed E-state index contributed by atoms with van der Waals surface area (Å²) in [7, 11) is 0. The highest BCUT2D eigenvalue weighted by atomic mass is 35.5. The second-order valence-corrected chi connectivity index (χ2v) is 7.17. The SMILES string of the molecule is CCCNC(Cc1ccc(Cl)cc1)C1CC2CCC1C2. The summed E-state index contributed by atoms with van der Waals surface area (Å²) >= 11 is 5.99. The minimum atomic E-state index is 0.659. The summed E-state index contributed by atoms with van der Waals surface area (Å²) in [5, 5.41) is 4.67. The van der Waals surface area contributed by atoms with Crippen molar-refractivity contribution in [3.05, 3.63) is 34.9 Å². The molecule has 2 fully saturated rings. The predicted octanol–water partition coefficient (Wildman–Crippen LogP) is 4.69. The fourth-order valence-electron chi connectivity index (χ4n) is 4.37. The lowest BCUT2D eigenvalue weighted by molar-refractivity contribution is 0.247. The summed E-state index contributed by atoms with van der Waals surface area (Å²) in [6.07, 6.45) is 8.29. The van der Waals surface area contributed by atoms with Gasteiger partial charge in [-0.15, -0.1) is 0 Å². The van der Waals surface area contributed by atoms with Crippen LogP contribution in [0.25, 0.3) is 0 Å². The molecule has 1 nitrogen and oxygen atoms in total. The third-order valence-corrected chi connectivity index (χ3v) is 5.59. The number of hydrogen-bond donors (Lipinski definition) is 1. The number of benzene rings is 1. The highest BCUT2D eigenvalue weighted by molar-refractivity contribution is 6.30. The monoisotopic (exact) mass is 291 g/mol. The standard InChI is InChI=1S/C18H26ClN/c1-2-9-20-18(12-13-4-7-16(19)8-5-13)17-11-14-3-6-15(17)10-14/h4-5,7-8,14-15,17-18,20H,2-3,6,9-12H2,1H3. The Morgan fingerprint density at radius 2 is 2.00 bits per heavy atom. The van der Waals surface area contributed by atoms with Crippen LogP contribution in [0.15, 0.2) is 24.3 Å². The normalized spacial score (nSPS) is 29.8. The van der Waals surface area contributed by atoms with E-state index in [4.69, 9.17) is 11.6 Å². The molecule has 2 bridgehead atoms. The minimum Gasteiger partial charge on any atom is -0.313 e. The third-order valence-electron chi connectivity index (χ3n) is 5.34. The molecule has 0 heterocycles. The Morgan fingerprint density at radius 3 is 2.60 bits per heavy atom. The van der Waals surface area contributed by atoms with Crippen LogP contribution in [-0.2, 0) is 6.42 Å². The molecule has 2 aliphatic rings. The van der Waals surface area contributed by atoms with E-state index in [0.717, 1.165) is 35.7 Å². The molecule has 20 heavy (non-hydrogen) atoms. The van der Waals surface area contributed by atoms with E-state index in [0.29, 0.717) is 6.04 Å². The maximum atomic E-state index is 5.99. The first-order chi connectivity index (χ1) is 9.76. The molecule has 0 spiro atoms. The van der Waals surface area contributed by atoms with Crippen molar-refractivity contribution in [2.45, 2.75) is 51.5 Å². The van der Waals surface area contributed by atoms with Gasteiger partial charge in [-0.2, -0.15) is 0 Å². The van der Waals surface area contributed by atoms with Crippen molar-refractivity contribution in [2.75, 3.05) is 6.54 Å². The van der Waals surface area contributed by atoms with Crippen molar-refractivity contribution in [1.82, 2.24) is 5.32 Å². The van der Waals surface area contributed by atoms with E-state index >= 15 is 0 Å². The molecule has 4 unspecified atom stereocenters. The van der Waals surface area contributed by atoms with Crippen LogP contribution in [-0.4, -0.2) is 12.6 Å². The number of nitrogens with one attached hydrogen (secondary N) is 1. The predicted molar refractivity (Wildman–Crippen MR) is 86.2 cm³/mol. The van der Waals surface area contributed by atoms with E-state index < -0.39 is 0 Å². The molecule has 1 N–H and O–H groups in total. The number of hydrogen-bond acceptors (Lipinski definition) is 1. The Hall–Kier alpha value is -0.530. The van der Waals surface area contributed by atoms with Gasteiger partial charge in [-0.25, -0.2) is 0 Å². The highest BCUT2D eigenvalue weighted by Crippen LogP contribution is 2.49. The largest absolute Gasteiger partial charge is 0.313 e. The molecule has 3 rings (SSSR count). The third kappa shape index (κ3) is 3.20. The molecule has 0 aliphatic heterocycles. The Balaban J connectivity index is 1.67. The molecule has 0 aromatic heterocycles. The van der Waals surface area contributed by atoms with E-state index in [1.165, 1.54) is 37.7 Å². The molecule has 0 radical (unpaired) electrons. The van der Waals surface area contributed by atoms with Crippen molar-refractivity contribution < 1.29 is 0 Å². The zero-order valence-corrected chi connectivity index (χ0v) is 13.2. The smallest absolute Gasteiger partial charge is 0.0406 e. The van der Waals surface area contributed by atoms with E-state index in [1.54, 1.807) is 0 Å². The molecular formula is C18H26ClN. The van der Waals surface area contributed by atoms with E-state index in [1.807, 2.05) is 12.1 Å². The van der Waals surface area contributed by atoms with Gasteiger partial charge in [-0.1, -0.05) is 37.1 Å². The zero-order valence-electron chi connectivity index (χ0n) is 12.4. The summed E-state index contributed by atoms with van der Waals surface area (Å²) in [5.74, 6) is 2.92. The molecule has 0 amide bonds. The molecule has 2 saturated carbocycles. The van der Waals surface area contributed by atoms with Gasteiger partial charge in [0.2, 0.25) is 0 Å². The summed E-state index contributed by atoms with van der Waals surface area (Å²) in [5.41, 5.74) is 1.42. The topological polar surface area (TPSA) is 12.0 Å². The first-order valence-electron chi connectivity index (χ1n) is 8.24. The molecule has 2 aliphatic carbocycles. The molecule has 2 heteroatoms. The first kappa shape index (κ1) is 14.4. The van der Waals surface area contributed by atoms with Gasteiger partial charge in [0, 0.05) is 11.1 Å². The second-order valence-electron chi connectivity index (χ2n) is 6.73. The van der Waals surface area contributed by atoms with E-state index in [-0.39, 0.29) is 0 Å². The lowest BCUT2D eigenvalue weighted by Gasteiger charge is -2.31. The van der Waals surface area contributed by atoms with Crippen LogP contribution < -0.4 is 5.32 Å². The maximum absolute atomic E-state index is 5.99.